The van der Waals surface area contributed by atoms with Crippen LogP contribution >= 0.6 is 0 Å². The van der Waals surface area contributed by atoms with E-state index in [2.05, 4.69) is 27.5 Å². The van der Waals surface area contributed by atoms with Crippen LogP contribution in [-0.4, -0.2) is 36.1 Å². The summed E-state index contributed by atoms with van der Waals surface area (Å²) in [5, 5.41) is 7.89. The van der Waals surface area contributed by atoms with Crippen molar-refractivity contribution < 1.29 is 14.2 Å². The third-order valence-electron chi connectivity index (χ3n) is 4.94. The van der Waals surface area contributed by atoms with Gasteiger partial charge in [-0.3, -0.25) is 0 Å². The molecule has 1 aliphatic heterocycles. The Bertz CT molecular complexity index is 923. The molecule has 2 heterocycles. The Kier molecular flexibility index (Phi) is 4.58. The van der Waals surface area contributed by atoms with E-state index in [-0.39, 0.29) is 12.1 Å². The van der Waals surface area contributed by atoms with Gasteiger partial charge in [-0.1, -0.05) is 18.2 Å². The molecule has 7 heteroatoms. The van der Waals surface area contributed by atoms with Gasteiger partial charge in [0.1, 0.15) is 12.1 Å². The third kappa shape index (κ3) is 3.16. The van der Waals surface area contributed by atoms with Gasteiger partial charge in [0.25, 0.3) is 0 Å². The highest BCUT2D eigenvalue weighted by atomic mass is 16.5. The van der Waals surface area contributed by atoms with Crippen molar-refractivity contribution in [3.05, 3.63) is 59.9 Å². The van der Waals surface area contributed by atoms with Crippen LogP contribution in [0, 0.1) is 0 Å². The fourth-order valence-corrected chi connectivity index (χ4v) is 3.51. The Morgan fingerprint density at radius 1 is 0.926 bits per heavy atom. The highest BCUT2D eigenvalue weighted by Gasteiger charge is 2.30. The molecule has 0 saturated carbocycles. The van der Waals surface area contributed by atoms with Gasteiger partial charge in [-0.05, 0) is 41.8 Å². The minimum absolute atomic E-state index is 0.0376. The second-order valence-electron chi connectivity index (χ2n) is 6.36. The van der Waals surface area contributed by atoms with Gasteiger partial charge < -0.3 is 19.5 Å². The van der Waals surface area contributed by atoms with Crippen molar-refractivity contribution in [3.8, 4) is 17.2 Å². The third-order valence-corrected chi connectivity index (χ3v) is 4.94. The van der Waals surface area contributed by atoms with Gasteiger partial charge in [0.05, 0.1) is 33.4 Å². The first-order valence-corrected chi connectivity index (χ1v) is 8.75. The van der Waals surface area contributed by atoms with E-state index in [4.69, 9.17) is 14.2 Å². The van der Waals surface area contributed by atoms with Crippen molar-refractivity contribution in [2.24, 2.45) is 0 Å². The van der Waals surface area contributed by atoms with E-state index >= 15 is 0 Å². The Labute approximate surface area is 157 Å². The lowest BCUT2D eigenvalue weighted by Crippen LogP contribution is -2.28. The van der Waals surface area contributed by atoms with Crippen LogP contribution in [0.5, 0.6) is 17.2 Å². The molecule has 7 nitrogen and oxygen atoms in total. The van der Waals surface area contributed by atoms with E-state index in [1.54, 1.807) is 27.7 Å². The summed E-state index contributed by atoms with van der Waals surface area (Å²) in [4.78, 5) is 4.38. The molecule has 0 aliphatic carbocycles. The molecule has 140 valence electrons. The lowest BCUT2D eigenvalue weighted by molar-refractivity contribution is 0.352. The maximum Gasteiger partial charge on any atom is 0.222 e. The summed E-state index contributed by atoms with van der Waals surface area (Å²) < 4.78 is 18.0. The van der Waals surface area contributed by atoms with Crippen LogP contribution in [0.2, 0.25) is 0 Å². The fraction of sp³-hybridized carbons (Fsp3) is 0.300. The molecular weight excluding hydrogens is 344 g/mol. The van der Waals surface area contributed by atoms with Crippen molar-refractivity contribution in [1.82, 2.24) is 14.8 Å². The van der Waals surface area contributed by atoms with Crippen LogP contribution < -0.4 is 19.5 Å². The first kappa shape index (κ1) is 17.2. The monoisotopic (exact) mass is 366 g/mol. The lowest BCUT2D eigenvalue weighted by atomic mass is 9.93. The molecule has 27 heavy (non-hydrogen) atoms. The molecule has 2 aromatic carbocycles. The molecule has 0 radical (unpaired) electrons. The van der Waals surface area contributed by atoms with E-state index in [0.717, 1.165) is 23.7 Å². The maximum atomic E-state index is 5.47. The van der Waals surface area contributed by atoms with Gasteiger partial charge >= 0.3 is 0 Å². The first-order valence-electron chi connectivity index (χ1n) is 8.75. The van der Waals surface area contributed by atoms with Crippen LogP contribution in [0.1, 0.15) is 29.6 Å². The molecule has 2 atom stereocenters. The quantitative estimate of drug-likeness (QED) is 0.746. The molecule has 0 amide bonds. The van der Waals surface area contributed by atoms with Gasteiger partial charge in [0, 0.05) is 0 Å². The number of hydrogen-bond donors (Lipinski definition) is 1. The highest BCUT2D eigenvalue weighted by molar-refractivity contribution is 5.46. The van der Waals surface area contributed by atoms with Gasteiger partial charge in [-0.15, -0.1) is 0 Å². The number of hydrogen-bond acceptors (Lipinski definition) is 6. The largest absolute Gasteiger partial charge is 0.497 e. The minimum atomic E-state index is 0.0376. The van der Waals surface area contributed by atoms with Crippen molar-refractivity contribution in [1.29, 1.82) is 0 Å². The zero-order chi connectivity index (χ0) is 18.8. The summed E-state index contributed by atoms with van der Waals surface area (Å²) in [6.07, 6.45) is 2.41. The van der Waals surface area contributed by atoms with Crippen LogP contribution in [0.15, 0.2) is 48.8 Å². The molecule has 0 fully saturated rings. The molecule has 0 unspecified atom stereocenters. The van der Waals surface area contributed by atoms with Crippen molar-refractivity contribution in [3.63, 3.8) is 0 Å². The average Bonchev–Trinajstić information content (AvgIpc) is 3.21. The SMILES string of the molecule is COc1ccc([C@@H]2C[C@H](c3ccc(OC)c(OC)c3)n3ncnc3N2)cc1. The summed E-state index contributed by atoms with van der Waals surface area (Å²) in [6.45, 7) is 0. The standard InChI is InChI=1S/C20H22N4O3/c1-25-15-7-4-13(5-8-15)16-11-17(24-20(23-16)21-12-22-24)14-6-9-18(26-2)19(10-14)27-3/h4-10,12,16-17H,11H2,1-3H3,(H,21,22,23)/t16-,17+/m0/s1. The van der Waals surface area contributed by atoms with Crippen LogP contribution in [-0.2, 0) is 0 Å². The van der Waals surface area contributed by atoms with E-state index in [1.807, 2.05) is 35.0 Å². The summed E-state index contributed by atoms with van der Waals surface area (Å²) in [5.74, 6) is 3.01. The van der Waals surface area contributed by atoms with Crippen molar-refractivity contribution in [2.75, 3.05) is 26.6 Å². The smallest absolute Gasteiger partial charge is 0.222 e. The topological polar surface area (TPSA) is 70.4 Å². The van der Waals surface area contributed by atoms with Crippen LogP contribution in [0.4, 0.5) is 5.95 Å². The molecule has 1 aliphatic rings. The predicted molar refractivity (Wildman–Crippen MR) is 102 cm³/mol. The zero-order valence-electron chi connectivity index (χ0n) is 15.5. The van der Waals surface area contributed by atoms with Gasteiger partial charge in [0.15, 0.2) is 11.5 Å². The number of nitrogens with zero attached hydrogens (tertiary/aromatic N) is 3. The Morgan fingerprint density at radius 3 is 2.37 bits per heavy atom. The number of fused-ring (bicyclic) bond motifs is 1. The summed E-state index contributed by atoms with van der Waals surface area (Å²) >= 11 is 0. The second kappa shape index (κ2) is 7.19. The number of aromatic nitrogens is 3. The summed E-state index contributed by atoms with van der Waals surface area (Å²) in [7, 11) is 4.95. The number of ether oxygens (including phenoxy) is 3. The predicted octanol–water partition coefficient (Wildman–Crippen LogP) is 3.45. The maximum absolute atomic E-state index is 5.47. The zero-order valence-corrected chi connectivity index (χ0v) is 15.5. The van der Waals surface area contributed by atoms with Crippen LogP contribution in [0.3, 0.4) is 0 Å². The minimum Gasteiger partial charge on any atom is -0.497 e. The van der Waals surface area contributed by atoms with Gasteiger partial charge in [0.2, 0.25) is 5.95 Å². The number of nitrogens with one attached hydrogen (secondary N) is 1. The van der Waals surface area contributed by atoms with E-state index in [9.17, 15) is 0 Å². The molecular formula is C20H22N4O3. The first-order chi connectivity index (χ1) is 13.2. The second-order valence-corrected chi connectivity index (χ2v) is 6.36. The molecule has 0 saturated heterocycles. The number of methoxy groups -OCH3 is 3. The fourth-order valence-electron chi connectivity index (χ4n) is 3.51. The molecule has 4 rings (SSSR count). The van der Waals surface area contributed by atoms with Gasteiger partial charge in [-0.2, -0.15) is 10.1 Å². The van der Waals surface area contributed by atoms with Crippen molar-refractivity contribution >= 4 is 5.95 Å². The van der Waals surface area contributed by atoms with Crippen molar-refractivity contribution in [2.45, 2.75) is 18.5 Å². The Hall–Kier alpha value is -3.22. The van der Waals surface area contributed by atoms with Gasteiger partial charge in [-0.25, -0.2) is 4.68 Å². The van der Waals surface area contributed by atoms with E-state index < -0.39 is 0 Å². The summed E-state index contributed by atoms with van der Waals surface area (Å²) in [6, 6.07) is 14.2. The van der Waals surface area contributed by atoms with E-state index in [1.165, 1.54) is 5.56 Å². The highest BCUT2D eigenvalue weighted by Crippen LogP contribution is 2.40. The molecule has 1 aromatic heterocycles. The lowest BCUT2D eigenvalue weighted by Gasteiger charge is -2.32. The number of rotatable bonds is 5. The number of benzene rings is 2. The normalized spacial score (nSPS) is 18.3. The molecule has 1 N–H and O–H groups in total. The molecule has 0 spiro atoms. The van der Waals surface area contributed by atoms with E-state index in [0.29, 0.717) is 11.5 Å². The average molecular weight is 366 g/mol. The number of anilines is 1. The summed E-state index contributed by atoms with van der Waals surface area (Å²) in [5.41, 5.74) is 2.27. The molecule has 3 aromatic rings. The Balaban J connectivity index is 1.70. The molecule has 0 bridgehead atoms. The van der Waals surface area contributed by atoms with Crippen LogP contribution in [0.25, 0.3) is 0 Å². The Morgan fingerprint density at radius 2 is 1.67 bits per heavy atom.